The van der Waals surface area contributed by atoms with E-state index < -0.39 is 17.5 Å². The van der Waals surface area contributed by atoms with Crippen LogP contribution in [0.1, 0.15) is 67.7 Å². The summed E-state index contributed by atoms with van der Waals surface area (Å²) in [5.74, 6) is 0.184. The van der Waals surface area contributed by atoms with Crippen molar-refractivity contribution in [1.29, 1.82) is 0 Å². The van der Waals surface area contributed by atoms with Gasteiger partial charge in [0.1, 0.15) is 6.04 Å². The largest absolute Gasteiger partial charge is 0.334 e. The first kappa shape index (κ1) is 21.7. The van der Waals surface area contributed by atoms with Crippen molar-refractivity contribution in [2.45, 2.75) is 79.8 Å². The molecule has 1 rings (SSSR count). The Morgan fingerprint density at radius 1 is 1.12 bits per heavy atom. The molecule has 2 amide bonds. The minimum absolute atomic E-state index is 0.0202. The zero-order chi connectivity index (χ0) is 19.5. The van der Waals surface area contributed by atoms with E-state index in [9.17, 15) is 14.4 Å². The molecule has 5 heteroatoms. The highest BCUT2D eigenvalue weighted by Gasteiger charge is 2.41. The zero-order valence-corrected chi connectivity index (χ0v) is 17.3. The number of likely N-dealkylation sites (tertiary alicyclic amines) is 1. The van der Waals surface area contributed by atoms with E-state index in [4.69, 9.17) is 0 Å². The van der Waals surface area contributed by atoms with Crippen molar-refractivity contribution < 1.29 is 14.4 Å². The number of amides is 2. The molecule has 0 spiro atoms. The van der Waals surface area contributed by atoms with Gasteiger partial charge < -0.3 is 9.80 Å². The van der Waals surface area contributed by atoms with Crippen LogP contribution in [0.25, 0.3) is 0 Å². The van der Waals surface area contributed by atoms with Gasteiger partial charge in [-0.05, 0) is 25.2 Å². The van der Waals surface area contributed by atoms with Gasteiger partial charge in [0.2, 0.25) is 11.8 Å². The lowest BCUT2D eigenvalue weighted by molar-refractivity contribution is -0.149. The number of carbonyl (C=O) groups excluding carboxylic acids is 3. The molecule has 2 atom stereocenters. The highest BCUT2D eigenvalue weighted by Crippen LogP contribution is 2.27. The smallest absolute Gasteiger partial charge is 0.245 e. The molecule has 0 radical (unpaired) electrons. The Labute approximate surface area is 153 Å². The number of hydrogen-bond donors (Lipinski definition) is 0. The van der Waals surface area contributed by atoms with Crippen LogP contribution in [0.15, 0.2) is 0 Å². The first-order valence-corrected chi connectivity index (χ1v) is 9.49. The van der Waals surface area contributed by atoms with E-state index in [0.717, 1.165) is 6.42 Å². The van der Waals surface area contributed by atoms with Crippen LogP contribution < -0.4 is 0 Å². The molecule has 0 bridgehead atoms. The summed E-state index contributed by atoms with van der Waals surface area (Å²) in [6.07, 6.45) is 2.16. The Balaban J connectivity index is 3.03. The molecule has 0 N–H and O–H groups in total. The molecule has 0 saturated carbocycles. The van der Waals surface area contributed by atoms with Crippen LogP contribution in [0.2, 0.25) is 0 Å². The minimum atomic E-state index is -0.503. The lowest BCUT2D eigenvalue weighted by Crippen LogP contribution is -2.54. The second kappa shape index (κ2) is 8.33. The number of carbonyl (C=O) groups is 3. The summed E-state index contributed by atoms with van der Waals surface area (Å²) in [5, 5.41) is 0. The van der Waals surface area contributed by atoms with Crippen LogP contribution in [-0.4, -0.2) is 53.1 Å². The SMILES string of the molecule is CC(C)C[C@H](C(=O)C(C)(C)C)N(C)C(=O)[C@@H]1CCCN1C(=O)C(C)C. The van der Waals surface area contributed by atoms with Crippen molar-refractivity contribution in [3.63, 3.8) is 0 Å². The normalized spacial score (nSPS) is 19.4. The number of ketones is 1. The van der Waals surface area contributed by atoms with Crippen molar-refractivity contribution in [3.05, 3.63) is 0 Å². The van der Waals surface area contributed by atoms with E-state index in [1.54, 1.807) is 16.8 Å². The third-order valence-electron chi connectivity index (χ3n) is 4.87. The second-order valence-electron chi connectivity index (χ2n) is 9.05. The van der Waals surface area contributed by atoms with Gasteiger partial charge in [-0.25, -0.2) is 0 Å². The molecular weight excluding hydrogens is 316 g/mol. The summed E-state index contributed by atoms with van der Waals surface area (Å²) in [7, 11) is 1.72. The van der Waals surface area contributed by atoms with Crippen LogP contribution >= 0.6 is 0 Å². The summed E-state index contributed by atoms with van der Waals surface area (Å²) >= 11 is 0. The van der Waals surface area contributed by atoms with E-state index in [1.807, 2.05) is 34.6 Å². The van der Waals surface area contributed by atoms with Crippen LogP contribution in [0, 0.1) is 17.3 Å². The predicted molar refractivity (Wildman–Crippen MR) is 100 cm³/mol. The molecule has 25 heavy (non-hydrogen) atoms. The number of nitrogens with zero attached hydrogens (tertiary/aromatic N) is 2. The van der Waals surface area contributed by atoms with Crippen LogP contribution in [-0.2, 0) is 14.4 Å². The van der Waals surface area contributed by atoms with Gasteiger partial charge in [0.05, 0.1) is 6.04 Å². The van der Waals surface area contributed by atoms with E-state index >= 15 is 0 Å². The summed E-state index contributed by atoms with van der Waals surface area (Å²) in [5.41, 5.74) is -0.503. The molecular formula is C20H36N2O3. The molecule has 0 aromatic carbocycles. The van der Waals surface area contributed by atoms with E-state index in [1.165, 1.54) is 0 Å². The van der Waals surface area contributed by atoms with Crippen molar-refractivity contribution in [3.8, 4) is 0 Å². The number of rotatable bonds is 6. The van der Waals surface area contributed by atoms with E-state index in [0.29, 0.717) is 25.3 Å². The third kappa shape index (κ3) is 5.29. The fraction of sp³-hybridized carbons (Fsp3) is 0.850. The van der Waals surface area contributed by atoms with Crippen molar-refractivity contribution in [1.82, 2.24) is 9.80 Å². The van der Waals surface area contributed by atoms with Gasteiger partial charge in [-0.2, -0.15) is 0 Å². The Bertz CT molecular complexity index is 506. The molecule has 5 nitrogen and oxygen atoms in total. The monoisotopic (exact) mass is 352 g/mol. The molecule has 1 fully saturated rings. The van der Waals surface area contributed by atoms with Crippen LogP contribution in [0.3, 0.4) is 0 Å². The van der Waals surface area contributed by atoms with Crippen LogP contribution in [0.5, 0.6) is 0 Å². The molecule has 0 aromatic heterocycles. The lowest BCUT2D eigenvalue weighted by Gasteiger charge is -2.36. The molecule has 1 saturated heterocycles. The summed E-state index contributed by atoms with van der Waals surface area (Å²) in [6.45, 7) is 14.1. The van der Waals surface area contributed by atoms with Gasteiger partial charge in [0.15, 0.2) is 5.78 Å². The number of Topliss-reactive ketones (excluding diaryl/α,β-unsaturated/α-hetero) is 1. The van der Waals surface area contributed by atoms with Crippen LogP contribution in [0.4, 0.5) is 0 Å². The molecule has 1 aliphatic rings. The Morgan fingerprint density at radius 2 is 1.68 bits per heavy atom. The summed E-state index contributed by atoms with van der Waals surface area (Å²) in [4.78, 5) is 41.7. The molecule has 1 aliphatic heterocycles. The van der Waals surface area contributed by atoms with Gasteiger partial charge in [-0.3, -0.25) is 14.4 Å². The summed E-state index contributed by atoms with van der Waals surface area (Å²) in [6, 6.07) is -0.869. The third-order valence-corrected chi connectivity index (χ3v) is 4.87. The molecule has 144 valence electrons. The quantitative estimate of drug-likeness (QED) is 0.738. The van der Waals surface area contributed by atoms with Gasteiger partial charge in [-0.15, -0.1) is 0 Å². The highest BCUT2D eigenvalue weighted by molar-refractivity contribution is 5.95. The fourth-order valence-corrected chi connectivity index (χ4v) is 3.39. The maximum atomic E-state index is 13.1. The van der Waals surface area contributed by atoms with E-state index in [2.05, 4.69) is 13.8 Å². The van der Waals surface area contributed by atoms with Crippen molar-refractivity contribution in [2.75, 3.05) is 13.6 Å². The minimum Gasteiger partial charge on any atom is -0.334 e. The maximum Gasteiger partial charge on any atom is 0.245 e. The average Bonchev–Trinajstić information content (AvgIpc) is 2.97. The van der Waals surface area contributed by atoms with Crippen molar-refractivity contribution in [2.24, 2.45) is 17.3 Å². The lowest BCUT2D eigenvalue weighted by atomic mass is 9.83. The molecule has 0 unspecified atom stereocenters. The fourth-order valence-electron chi connectivity index (χ4n) is 3.39. The van der Waals surface area contributed by atoms with Gasteiger partial charge in [0, 0.05) is 24.9 Å². The topological polar surface area (TPSA) is 57.7 Å². The standard InChI is InChI=1S/C20H36N2O3/c1-13(2)12-16(17(23)20(5,6)7)21(8)19(25)15-10-9-11-22(15)18(24)14(3)4/h13-16H,9-12H2,1-8H3/t15-,16+/m0/s1. The van der Waals surface area contributed by atoms with Gasteiger partial charge in [-0.1, -0.05) is 48.5 Å². The van der Waals surface area contributed by atoms with Crippen molar-refractivity contribution >= 4 is 17.6 Å². The maximum absolute atomic E-state index is 13.1. The van der Waals surface area contributed by atoms with Gasteiger partial charge in [0.25, 0.3) is 0 Å². The average molecular weight is 353 g/mol. The Morgan fingerprint density at radius 3 is 2.12 bits per heavy atom. The first-order valence-electron chi connectivity index (χ1n) is 9.49. The zero-order valence-electron chi connectivity index (χ0n) is 17.3. The summed E-state index contributed by atoms with van der Waals surface area (Å²) < 4.78 is 0. The molecule has 0 aliphatic carbocycles. The number of likely N-dealkylation sites (N-methyl/N-ethyl adjacent to an activating group) is 1. The highest BCUT2D eigenvalue weighted by atomic mass is 16.2. The molecule has 1 heterocycles. The Kier molecular flexibility index (Phi) is 7.21. The van der Waals surface area contributed by atoms with Gasteiger partial charge >= 0.3 is 0 Å². The Hall–Kier alpha value is -1.39. The predicted octanol–water partition coefficient (Wildman–Crippen LogP) is 3.12. The molecule has 0 aromatic rings. The van der Waals surface area contributed by atoms with E-state index in [-0.39, 0.29) is 23.5 Å². The number of hydrogen-bond acceptors (Lipinski definition) is 3. The second-order valence-corrected chi connectivity index (χ2v) is 9.05. The first-order chi connectivity index (χ1) is 11.4.